The SMILES string of the molecule is COCC(=O)Nc1nnc(SCC(=O)Nc2ccc(F)c(Cl)c2)s1. The number of aromatic nitrogens is 2. The van der Waals surface area contributed by atoms with Crippen LogP contribution in [-0.2, 0) is 14.3 Å². The third kappa shape index (κ3) is 5.71. The van der Waals surface area contributed by atoms with Gasteiger partial charge in [-0.1, -0.05) is 34.7 Å². The Bertz CT molecular complexity index is 744. The highest BCUT2D eigenvalue weighted by molar-refractivity contribution is 8.01. The van der Waals surface area contributed by atoms with Crippen LogP contribution in [0.3, 0.4) is 0 Å². The van der Waals surface area contributed by atoms with Gasteiger partial charge in [0.25, 0.3) is 5.91 Å². The number of amides is 2. The summed E-state index contributed by atoms with van der Waals surface area (Å²) in [5.74, 6) is -1.12. The quantitative estimate of drug-likeness (QED) is 0.557. The Morgan fingerprint density at radius 3 is 2.83 bits per heavy atom. The van der Waals surface area contributed by atoms with Crippen molar-refractivity contribution in [2.45, 2.75) is 4.34 Å². The number of nitrogens with one attached hydrogen (secondary N) is 2. The first-order valence-electron chi connectivity index (χ1n) is 6.48. The van der Waals surface area contributed by atoms with Gasteiger partial charge in [-0.2, -0.15) is 0 Å². The average molecular weight is 391 g/mol. The van der Waals surface area contributed by atoms with E-state index >= 15 is 0 Å². The molecule has 1 aromatic heterocycles. The highest BCUT2D eigenvalue weighted by Gasteiger charge is 2.11. The zero-order valence-corrected chi connectivity index (χ0v) is 14.7. The molecule has 0 aliphatic rings. The molecule has 128 valence electrons. The van der Waals surface area contributed by atoms with Crippen LogP contribution in [0.2, 0.25) is 5.02 Å². The Morgan fingerprint density at radius 1 is 1.33 bits per heavy atom. The molecule has 11 heteroatoms. The molecule has 0 bridgehead atoms. The standard InChI is InChI=1S/C13H12ClFN4O3S2/c1-22-5-10(20)17-12-18-19-13(24-12)23-6-11(21)16-7-2-3-9(15)8(14)4-7/h2-4H,5-6H2,1H3,(H,16,21)(H,17,18,20). The van der Waals surface area contributed by atoms with Crippen molar-refractivity contribution < 1.29 is 18.7 Å². The minimum absolute atomic E-state index is 0.0685. The number of thioether (sulfide) groups is 1. The van der Waals surface area contributed by atoms with Crippen LogP contribution in [0.25, 0.3) is 0 Å². The van der Waals surface area contributed by atoms with E-state index in [0.717, 1.165) is 23.1 Å². The number of anilines is 2. The minimum atomic E-state index is -0.555. The molecule has 7 nitrogen and oxygen atoms in total. The molecule has 1 heterocycles. The highest BCUT2D eigenvalue weighted by Crippen LogP contribution is 2.26. The molecule has 0 saturated heterocycles. The van der Waals surface area contributed by atoms with Gasteiger partial charge in [0.2, 0.25) is 11.0 Å². The van der Waals surface area contributed by atoms with Crippen molar-refractivity contribution in [1.82, 2.24) is 10.2 Å². The number of methoxy groups -OCH3 is 1. The predicted molar refractivity (Wildman–Crippen MR) is 91.2 cm³/mol. The van der Waals surface area contributed by atoms with Gasteiger partial charge in [-0.15, -0.1) is 10.2 Å². The lowest BCUT2D eigenvalue weighted by molar-refractivity contribution is -0.119. The summed E-state index contributed by atoms with van der Waals surface area (Å²) in [6.07, 6.45) is 0. The monoisotopic (exact) mass is 390 g/mol. The maximum absolute atomic E-state index is 13.0. The van der Waals surface area contributed by atoms with E-state index in [2.05, 4.69) is 25.6 Å². The van der Waals surface area contributed by atoms with E-state index in [1.807, 2.05) is 0 Å². The number of halogens is 2. The fourth-order valence-corrected chi connectivity index (χ4v) is 3.25. The molecule has 2 N–H and O–H groups in total. The number of ether oxygens (including phenoxy) is 1. The molecule has 0 aliphatic carbocycles. The van der Waals surface area contributed by atoms with E-state index in [4.69, 9.17) is 11.6 Å². The summed E-state index contributed by atoms with van der Waals surface area (Å²) in [4.78, 5) is 23.2. The van der Waals surface area contributed by atoms with E-state index < -0.39 is 5.82 Å². The third-order valence-corrected chi connectivity index (χ3v) is 4.72. The number of carbonyl (C=O) groups excluding carboxylic acids is 2. The van der Waals surface area contributed by atoms with E-state index in [-0.39, 0.29) is 29.2 Å². The predicted octanol–water partition coefficient (Wildman–Crippen LogP) is 2.65. The second-order valence-electron chi connectivity index (χ2n) is 4.32. The van der Waals surface area contributed by atoms with Crippen molar-refractivity contribution in [3.05, 3.63) is 29.0 Å². The first-order chi connectivity index (χ1) is 11.5. The molecule has 0 aliphatic heterocycles. The fraction of sp³-hybridized carbons (Fsp3) is 0.231. The van der Waals surface area contributed by atoms with Crippen molar-refractivity contribution in [2.24, 2.45) is 0 Å². The molecule has 2 amide bonds. The summed E-state index contributed by atoms with van der Waals surface area (Å²) in [7, 11) is 1.41. The maximum Gasteiger partial charge on any atom is 0.252 e. The van der Waals surface area contributed by atoms with Crippen LogP contribution in [0.5, 0.6) is 0 Å². The number of carbonyl (C=O) groups is 2. The zero-order valence-electron chi connectivity index (χ0n) is 12.3. The molecule has 0 atom stereocenters. The normalized spacial score (nSPS) is 10.5. The summed E-state index contributed by atoms with van der Waals surface area (Å²) >= 11 is 7.95. The third-order valence-electron chi connectivity index (χ3n) is 2.46. The van der Waals surface area contributed by atoms with E-state index in [1.165, 1.54) is 25.3 Å². The summed E-state index contributed by atoms with van der Waals surface area (Å²) in [6.45, 7) is -0.0787. The molecule has 2 rings (SSSR count). The van der Waals surface area contributed by atoms with Gasteiger partial charge < -0.3 is 10.1 Å². The number of rotatable bonds is 7. The Labute approximate surface area is 149 Å². The molecular weight excluding hydrogens is 379 g/mol. The molecule has 1 aromatic carbocycles. The van der Waals surface area contributed by atoms with E-state index in [0.29, 0.717) is 15.2 Å². The van der Waals surface area contributed by atoms with Gasteiger partial charge in [0.15, 0.2) is 4.34 Å². The molecule has 24 heavy (non-hydrogen) atoms. The number of hydrogen-bond donors (Lipinski definition) is 2. The van der Waals surface area contributed by atoms with E-state index in [1.54, 1.807) is 0 Å². The number of benzene rings is 1. The largest absolute Gasteiger partial charge is 0.375 e. The Morgan fingerprint density at radius 2 is 2.12 bits per heavy atom. The van der Waals surface area contributed by atoms with Crippen LogP contribution < -0.4 is 10.6 Å². The zero-order chi connectivity index (χ0) is 17.5. The first kappa shape index (κ1) is 18.6. The van der Waals surface area contributed by atoms with Gasteiger partial charge in [-0.05, 0) is 18.2 Å². The number of hydrogen-bond acceptors (Lipinski definition) is 7. The minimum Gasteiger partial charge on any atom is -0.375 e. The van der Waals surface area contributed by atoms with Crippen LogP contribution in [0.1, 0.15) is 0 Å². The second kappa shape index (κ2) is 8.92. The van der Waals surface area contributed by atoms with Crippen LogP contribution in [0.15, 0.2) is 22.5 Å². The summed E-state index contributed by atoms with van der Waals surface area (Å²) in [6, 6.07) is 3.91. The smallest absolute Gasteiger partial charge is 0.252 e. The first-order valence-corrected chi connectivity index (χ1v) is 8.66. The molecule has 0 saturated carbocycles. The maximum atomic E-state index is 13.0. The lowest BCUT2D eigenvalue weighted by Gasteiger charge is -2.04. The van der Waals surface area contributed by atoms with Gasteiger partial charge in [-0.25, -0.2) is 4.39 Å². The molecule has 0 spiro atoms. The van der Waals surface area contributed by atoms with Crippen molar-refractivity contribution in [1.29, 1.82) is 0 Å². The van der Waals surface area contributed by atoms with Gasteiger partial charge in [-0.3, -0.25) is 14.9 Å². The molecule has 2 aromatic rings. The fourth-order valence-electron chi connectivity index (χ4n) is 1.50. The molecular formula is C13H12ClFN4O3S2. The lowest BCUT2D eigenvalue weighted by Crippen LogP contribution is -2.16. The van der Waals surface area contributed by atoms with Crippen molar-refractivity contribution in [3.63, 3.8) is 0 Å². The van der Waals surface area contributed by atoms with Crippen molar-refractivity contribution in [3.8, 4) is 0 Å². The topological polar surface area (TPSA) is 93.2 Å². The molecule has 0 fully saturated rings. The lowest BCUT2D eigenvalue weighted by atomic mass is 10.3. The molecule has 0 unspecified atom stereocenters. The van der Waals surface area contributed by atoms with E-state index in [9.17, 15) is 14.0 Å². The second-order valence-corrected chi connectivity index (χ2v) is 6.93. The molecule has 0 radical (unpaired) electrons. The summed E-state index contributed by atoms with van der Waals surface area (Å²) in [5.41, 5.74) is 0.400. The van der Waals surface area contributed by atoms with Crippen LogP contribution >= 0.6 is 34.7 Å². The van der Waals surface area contributed by atoms with Crippen molar-refractivity contribution in [2.75, 3.05) is 30.1 Å². The van der Waals surface area contributed by atoms with Crippen LogP contribution in [-0.4, -0.2) is 41.5 Å². The Balaban J connectivity index is 1.82. The van der Waals surface area contributed by atoms with Gasteiger partial charge in [0.1, 0.15) is 12.4 Å². The van der Waals surface area contributed by atoms with Gasteiger partial charge in [0.05, 0.1) is 10.8 Å². The summed E-state index contributed by atoms with van der Waals surface area (Å²) in [5, 5.41) is 13.0. The van der Waals surface area contributed by atoms with Crippen LogP contribution in [0, 0.1) is 5.82 Å². The van der Waals surface area contributed by atoms with Crippen molar-refractivity contribution >= 4 is 57.3 Å². The number of nitrogens with zero attached hydrogens (tertiary/aromatic N) is 2. The van der Waals surface area contributed by atoms with Gasteiger partial charge >= 0.3 is 0 Å². The Kier molecular flexibility index (Phi) is 6.91. The Hall–Kier alpha value is -1.75. The average Bonchev–Trinajstić information content (AvgIpc) is 2.96. The van der Waals surface area contributed by atoms with Crippen LogP contribution in [0.4, 0.5) is 15.2 Å². The van der Waals surface area contributed by atoms with Gasteiger partial charge in [0, 0.05) is 12.8 Å². The summed E-state index contributed by atoms with van der Waals surface area (Å²) < 4.78 is 18.3. The highest BCUT2D eigenvalue weighted by atomic mass is 35.5.